The lowest BCUT2D eigenvalue weighted by Gasteiger charge is -2.21. The van der Waals surface area contributed by atoms with Crippen LogP contribution in [0.15, 0.2) is 18.3 Å². The standard InChI is InChI=1S/C21H29N5O4/c1-11-16(7-6-8-22-11)30-17-10-29-19-15(9-28-20(17)19)24-21(27)23-12(2)18-13(3)25-26(5)14(18)4/h6-8,12,15,17,19-20H,9-10H2,1-5H3,(H2,23,24,27)/t12?,15-,17-,19+,20+/m0/s1. The molecule has 2 aliphatic heterocycles. The number of fused-ring (bicyclic) bond motifs is 1. The molecule has 2 saturated heterocycles. The number of carbonyl (C=O) groups is 1. The van der Waals surface area contributed by atoms with Crippen molar-refractivity contribution in [3.63, 3.8) is 0 Å². The molecule has 9 nitrogen and oxygen atoms in total. The summed E-state index contributed by atoms with van der Waals surface area (Å²) in [6, 6.07) is 3.08. The van der Waals surface area contributed by atoms with E-state index in [1.807, 2.05) is 51.6 Å². The fourth-order valence-corrected chi connectivity index (χ4v) is 4.34. The zero-order chi connectivity index (χ0) is 21.4. The minimum absolute atomic E-state index is 0.161. The lowest BCUT2D eigenvalue weighted by atomic mass is 10.1. The lowest BCUT2D eigenvalue weighted by molar-refractivity contribution is 0.0299. The minimum Gasteiger partial charge on any atom is -0.483 e. The predicted octanol–water partition coefficient (Wildman–Crippen LogP) is 1.71. The number of amides is 2. The average molecular weight is 415 g/mol. The maximum Gasteiger partial charge on any atom is 0.315 e. The van der Waals surface area contributed by atoms with Gasteiger partial charge in [0.05, 0.1) is 36.7 Å². The van der Waals surface area contributed by atoms with E-state index in [4.69, 9.17) is 14.2 Å². The van der Waals surface area contributed by atoms with Gasteiger partial charge in [-0.05, 0) is 39.8 Å². The zero-order valence-corrected chi connectivity index (χ0v) is 18.0. The van der Waals surface area contributed by atoms with Gasteiger partial charge in [-0.15, -0.1) is 0 Å². The number of aryl methyl sites for hydroxylation is 3. The van der Waals surface area contributed by atoms with Gasteiger partial charge in [-0.2, -0.15) is 5.10 Å². The Labute approximate surface area is 176 Å². The van der Waals surface area contributed by atoms with Gasteiger partial charge >= 0.3 is 6.03 Å². The summed E-state index contributed by atoms with van der Waals surface area (Å²) in [5.74, 6) is 0.723. The maximum absolute atomic E-state index is 12.6. The number of ether oxygens (including phenoxy) is 3. The smallest absolute Gasteiger partial charge is 0.315 e. The first-order valence-corrected chi connectivity index (χ1v) is 10.2. The Morgan fingerprint density at radius 1 is 1.23 bits per heavy atom. The number of nitrogens with zero attached hydrogens (tertiary/aromatic N) is 3. The van der Waals surface area contributed by atoms with Gasteiger partial charge in [0.2, 0.25) is 0 Å². The second-order valence-corrected chi connectivity index (χ2v) is 7.99. The van der Waals surface area contributed by atoms with Crippen LogP contribution in [0.4, 0.5) is 4.79 Å². The molecule has 2 aromatic heterocycles. The summed E-state index contributed by atoms with van der Waals surface area (Å²) < 4.78 is 19.7. The van der Waals surface area contributed by atoms with Crippen LogP contribution in [-0.2, 0) is 16.5 Å². The number of carbonyl (C=O) groups excluding carboxylic acids is 1. The van der Waals surface area contributed by atoms with Crippen LogP contribution >= 0.6 is 0 Å². The summed E-state index contributed by atoms with van der Waals surface area (Å²) in [7, 11) is 1.90. The minimum atomic E-state index is -0.254. The molecule has 1 unspecified atom stereocenters. The lowest BCUT2D eigenvalue weighted by Crippen LogP contribution is -2.49. The molecule has 2 aliphatic rings. The number of rotatable bonds is 5. The van der Waals surface area contributed by atoms with Crippen LogP contribution in [0.1, 0.15) is 35.6 Å². The second-order valence-electron chi connectivity index (χ2n) is 7.99. The molecule has 30 heavy (non-hydrogen) atoms. The highest BCUT2D eigenvalue weighted by atomic mass is 16.6. The Morgan fingerprint density at radius 3 is 2.70 bits per heavy atom. The topological polar surface area (TPSA) is 99.5 Å². The molecule has 0 radical (unpaired) electrons. The first kappa shape index (κ1) is 20.6. The molecule has 2 fully saturated rings. The summed E-state index contributed by atoms with van der Waals surface area (Å²) >= 11 is 0. The van der Waals surface area contributed by atoms with E-state index in [1.54, 1.807) is 6.20 Å². The van der Waals surface area contributed by atoms with E-state index in [-0.39, 0.29) is 36.4 Å². The van der Waals surface area contributed by atoms with E-state index in [0.29, 0.717) is 13.2 Å². The Morgan fingerprint density at radius 2 is 2.00 bits per heavy atom. The van der Waals surface area contributed by atoms with Crippen LogP contribution in [0.3, 0.4) is 0 Å². The van der Waals surface area contributed by atoms with Crippen molar-refractivity contribution < 1.29 is 19.0 Å². The van der Waals surface area contributed by atoms with Crippen LogP contribution in [0.2, 0.25) is 0 Å². The molecule has 0 aliphatic carbocycles. The second kappa shape index (κ2) is 8.23. The fraction of sp³-hybridized carbons (Fsp3) is 0.571. The van der Waals surface area contributed by atoms with Gasteiger partial charge in [0.1, 0.15) is 18.0 Å². The van der Waals surface area contributed by atoms with Crippen LogP contribution < -0.4 is 15.4 Å². The fourth-order valence-electron chi connectivity index (χ4n) is 4.34. The largest absolute Gasteiger partial charge is 0.483 e. The number of nitrogens with one attached hydrogen (secondary N) is 2. The van der Waals surface area contributed by atoms with E-state index in [2.05, 4.69) is 20.7 Å². The number of hydrogen-bond acceptors (Lipinski definition) is 6. The van der Waals surface area contributed by atoms with Gasteiger partial charge in [-0.3, -0.25) is 9.67 Å². The Bertz CT molecular complexity index is 930. The third-order valence-electron chi connectivity index (χ3n) is 5.91. The number of aromatic nitrogens is 3. The van der Waals surface area contributed by atoms with Crippen LogP contribution in [0, 0.1) is 20.8 Å². The summed E-state index contributed by atoms with van der Waals surface area (Å²) in [4.78, 5) is 16.9. The summed E-state index contributed by atoms with van der Waals surface area (Å²) in [6.45, 7) is 8.60. The molecule has 2 amide bonds. The summed E-state index contributed by atoms with van der Waals surface area (Å²) in [5.41, 5.74) is 3.81. The van der Waals surface area contributed by atoms with E-state index >= 15 is 0 Å². The highest BCUT2D eigenvalue weighted by molar-refractivity contribution is 5.75. The molecule has 2 aromatic rings. The van der Waals surface area contributed by atoms with Crippen molar-refractivity contribution in [2.24, 2.45) is 7.05 Å². The third-order valence-corrected chi connectivity index (χ3v) is 5.91. The molecule has 5 atom stereocenters. The average Bonchev–Trinajstić information content (AvgIpc) is 3.33. The van der Waals surface area contributed by atoms with E-state index in [0.717, 1.165) is 28.4 Å². The van der Waals surface area contributed by atoms with Crippen molar-refractivity contribution >= 4 is 6.03 Å². The monoisotopic (exact) mass is 415 g/mol. The summed E-state index contributed by atoms with van der Waals surface area (Å²) in [6.07, 6.45) is 1.04. The molecule has 0 saturated carbocycles. The van der Waals surface area contributed by atoms with Gasteiger partial charge in [-0.1, -0.05) is 0 Å². The van der Waals surface area contributed by atoms with E-state index in [1.165, 1.54) is 0 Å². The molecular weight excluding hydrogens is 386 g/mol. The van der Waals surface area contributed by atoms with Crippen molar-refractivity contribution in [2.45, 2.75) is 58.1 Å². The molecular formula is C21H29N5O4. The quantitative estimate of drug-likeness (QED) is 0.771. The number of urea groups is 1. The highest BCUT2D eigenvalue weighted by Gasteiger charge is 2.49. The molecule has 0 aromatic carbocycles. The van der Waals surface area contributed by atoms with Crippen molar-refractivity contribution in [3.05, 3.63) is 41.0 Å². The molecule has 0 spiro atoms. The Balaban J connectivity index is 1.34. The molecule has 4 heterocycles. The van der Waals surface area contributed by atoms with Crippen molar-refractivity contribution in [1.29, 1.82) is 0 Å². The normalized spacial score (nSPS) is 26.3. The highest BCUT2D eigenvalue weighted by Crippen LogP contribution is 2.30. The van der Waals surface area contributed by atoms with E-state index < -0.39 is 0 Å². The molecule has 0 bridgehead atoms. The molecule has 9 heteroatoms. The Hall–Kier alpha value is -2.65. The van der Waals surface area contributed by atoms with Gasteiger partial charge in [-0.25, -0.2) is 4.79 Å². The molecule has 2 N–H and O–H groups in total. The SMILES string of the molecule is Cc1ncccc1O[C@H]1CO[C@H]2[C@@H]1OC[C@@H]2NC(=O)NC(C)c1c(C)nn(C)c1C. The zero-order valence-electron chi connectivity index (χ0n) is 18.0. The number of pyridine rings is 1. The van der Waals surface area contributed by atoms with Gasteiger partial charge < -0.3 is 24.8 Å². The third kappa shape index (κ3) is 3.87. The number of hydrogen-bond donors (Lipinski definition) is 2. The van der Waals surface area contributed by atoms with Crippen LogP contribution in [-0.4, -0.2) is 58.4 Å². The van der Waals surface area contributed by atoms with Gasteiger partial charge in [0, 0.05) is 24.5 Å². The van der Waals surface area contributed by atoms with Crippen LogP contribution in [0.25, 0.3) is 0 Å². The van der Waals surface area contributed by atoms with Crippen molar-refractivity contribution in [3.8, 4) is 5.75 Å². The van der Waals surface area contributed by atoms with Crippen LogP contribution in [0.5, 0.6) is 5.75 Å². The van der Waals surface area contributed by atoms with Gasteiger partial charge in [0.25, 0.3) is 0 Å². The van der Waals surface area contributed by atoms with Crippen molar-refractivity contribution in [2.75, 3.05) is 13.2 Å². The van der Waals surface area contributed by atoms with E-state index in [9.17, 15) is 4.79 Å². The Kier molecular flexibility index (Phi) is 5.66. The predicted molar refractivity (Wildman–Crippen MR) is 109 cm³/mol. The first-order valence-electron chi connectivity index (χ1n) is 10.2. The first-order chi connectivity index (χ1) is 14.3. The van der Waals surface area contributed by atoms with Crippen molar-refractivity contribution in [1.82, 2.24) is 25.4 Å². The maximum atomic E-state index is 12.6. The summed E-state index contributed by atoms with van der Waals surface area (Å²) in [5, 5.41) is 10.4. The molecule has 162 valence electrons. The van der Waals surface area contributed by atoms with Gasteiger partial charge in [0.15, 0.2) is 6.10 Å². The molecule has 4 rings (SSSR count).